The van der Waals surface area contributed by atoms with Gasteiger partial charge >= 0.3 is 0 Å². The van der Waals surface area contributed by atoms with Gasteiger partial charge in [-0.05, 0) is 26.2 Å². The Morgan fingerprint density at radius 3 is 2.94 bits per heavy atom. The normalized spacial score (nSPS) is 24.1. The predicted molar refractivity (Wildman–Crippen MR) is 72.9 cm³/mol. The van der Waals surface area contributed by atoms with Gasteiger partial charge in [-0.3, -0.25) is 0 Å². The third-order valence-electron chi connectivity index (χ3n) is 3.37. The zero-order valence-corrected chi connectivity index (χ0v) is 11.3. The van der Waals surface area contributed by atoms with E-state index in [2.05, 4.69) is 34.0 Å². The summed E-state index contributed by atoms with van der Waals surface area (Å²) in [6, 6.07) is 1.99. The Kier molecular flexibility index (Phi) is 4.01. The van der Waals surface area contributed by atoms with Gasteiger partial charge < -0.3 is 15.3 Å². The number of nitrogens with one attached hydrogen (secondary N) is 1. The van der Waals surface area contributed by atoms with Gasteiger partial charge in [-0.2, -0.15) is 0 Å². The molecule has 0 amide bonds. The number of piperidine rings is 1. The highest BCUT2D eigenvalue weighted by Crippen LogP contribution is 2.23. The third-order valence-corrected chi connectivity index (χ3v) is 3.37. The van der Waals surface area contributed by atoms with Crippen LogP contribution in [-0.2, 0) is 0 Å². The molecule has 1 aliphatic rings. The molecule has 5 heteroatoms. The molecule has 2 heterocycles. The highest BCUT2D eigenvalue weighted by atomic mass is 16.3. The van der Waals surface area contributed by atoms with Gasteiger partial charge in [-0.15, -0.1) is 0 Å². The first-order valence-corrected chi connectivity index (χ1v) is 6.62. The van der Waals surface area contributed by atoms with Crippen molar-refractivity contribution in [2.45, 2.75) is 33.3 Å². The monoisotopic (exact) mass is 250 g/mol. The Hall–Kier alpha value is -1.36. The average Bonchev–Trinajstić information content (AvgIpc) is 2.32. The van der Waals surface area contributed by atoms with Crippen molar-refractivity contribution in [2.24, 2.45) is 5.92 Å². The molecule has 0 radical (unpaired) electrons. The van der Waals surface area contributed by atoms with Crippen molar-refractivity contribution in [3.63, 3.8) is 0 Å². The fourth-order valence-electron chi connectivity index (χ4n) is 2.33. The first-order valence-electron chi connectivity index (χ1n) is 6.62. The van der Waals surface area contributed by atoms with E-state index in [0.29, 0.717) is 0 Å². The maximum absolute atomic E-state index is 9.76. The largest absolute Gasteiger partial charge is 0.393 e. The molecule has 1 aliphatic heterocycles. The first kappa shape index (κ1) is 13.1. The van der Waals surface area contributed by atoms with Crippen molar-refractivity contribution in [1.29, 1.82) is 0 Å². The summed E-state index contributed by atoms with van der Waals surface area (Å²) in [7, 11) is 0. The van der Waals surface area contributed by atoms with Gasteiger partial charge in [-0.25, -0.2) is 9.97 Å². The third kappa shape index (κ3) is 2.90. The Morgan fingerprint density at radius 1 is 1.50 bits per heavy atom. The van der Waals surface area contributed by atoms with Crippen molar-refractivity contribution in [2.75, 3.05) is 29.9 Å². The molecule has 1 saturated heterocycles. The number of hydrogen-bond donors (Lipinski definition) is 2. The van der Waals surface area contributed by atoms with E-state index in [-0.39, 0.29) is 12.0 Å². The smallest absolute Gasteiger partial charge is 0.134 e. The van der Waals surface area contributed by atoms with Crippen molar-refractivity contribution >= 4 is 11.6 Å². The van der Waals surface area contributed by atoms with E-state index in [4.69, 9.17) is 0 Å². The lowest BCUT2D eigenvalue weighted by atomic mass is 9.97. The van der Waals surface area contributed by atoms with Crippen molar-refractivity contribution in [3.8, 4) is 0 Å². The molecule has 1 aromatic heterocycles. The lowest BCUT2D eigenvalue weighted by Gasteiger charge is -2.35. The quantitative estimate of drug-likeness (QED) is 0.849. The maximum atomic E-state index is 9.76. The number of aryl methyl sites for hydroxylation is 1. The van der Waals surface area contributed by atoms with Gasteiger partial charge in [0.25, 0.3) is 0 Å². The minimum absolute atomic E-state index is 0.183. The van der Waals surface area contributed by atoms with Crippen LogP contribution in [0.15, 0.2) is 6.07 Å². The summed E-state index contributed by atoms with van der Waals surface area (Å²) in [6.45, 7) is 8.60. The van der Waals surface area contributed by atoms with Gasteiger partial charge in [0.15, 0.2) is 0 Å². The fourth-order valence-corrected chi connectivity index (χ4v) is 2.33. The van der Waals surface area contributed by atoms with Gasteiger partial charge in [0.1, 0.15) is 17.5 Å². The van der Waals surface area contributed by atoms with Crippen LogP contribution in [0.5, 0.6) is 0 Å². The van der Waals surface area contributed by atoms with Crippen LogP contribution in [0, 0.1) is 12.8 Å². The van der Waals surface area contributed by atoms with Crippen LogP contribution in [0.4, 0.5) is 11.6 Å². The van der Waals surface area contributed by atoms with Crippen LogP contribution < -0.4 is 10.2 Å². The number of nitrogens with zero attached hydrogens (tertiary/aromatic N) is 3. The first-order chi connectivity index (χ1) is 8.60. The van der Waals surface area contributed by atoms with E-state index >= 15 is 0 Å². The summed E-state index contributed by atoms with van der Waals surface area (Å²) in [5, 5.41) is 13.0. The van der Waals surface area contributed by atoms with Gasteiger partial charge in [0.05, 0.1) is 6.10 Å². The summed E-state index contributed by atoms with van der Waals surface area (Å²) < 4.78 is 0. The number of hydrogen-bond acceptors (Lipinski definition) is 5. The Balaban J connectivity index is 2.17. The highest BCUT2D eigenvalue weighted by molar-refractivity contribution is 5.49. The summed E-state index contributed by atoms with van der Waals surface area (Å²) >= 11 is 0. The topological polar surface area (TPSA) is 61.3 Å². The molecular weight excluding hydrogens is 228 g/mol. The summed E-state index contributed by atoms with van der Waals surface area (Å²) in [4.78, 5) is 11.1. The number of rotatable bonds is 3. The second-order valence-corrected chi connectivity index (χ2v) is 4.97. The molecule has 100 valence electrons. The zero-order valence-electron chi connectivity index (χ0n) is 11.3. The summed E-state index contributed by atoms with van der Waals surface area (Å²) in [5.74, 6) is 2.90. The molecule has 1 aromatic rings. The van der Waals surface area contributed by atoms with E-state index in [0.717, 1.165) is 43.5 Å². The van der Waals surface area contributed by atoms with Crippen LogP contribution >= 0.6 is 0 Å². The van der Waals surface area contributed by atoms with E-state index in [1.807, 2.05) is 13.0 Å². The number of anilines is 2. The predicted octanol–water partition coefficient (Wildman–Crippen LogP) is 1.42. The second-order valence-electron chi connectivity index (χ2n) is 4.97. The SMILES string of the molecule is CCNc1cc(N2CCC(O)C(C)C2)nc(C)n1. The zero-order chi connectivity index (χ0) is 13.1. The molecular formula is C13H22N4O. The minimum atomic E-state index is -0.183. The molecule has 2 unspecified atom stereocenters. The molecule has 2 rings (SSSR count). The van der Waals surface area contributed by atoms with Gasteiger partial charge in [-0.1, -0.05) is 6.92 Å². The molecule has 2 N–H and O–H groups in total. The van der Waals surface area contributed by atoms with Crippen LogP contribution in [0.2, 0.25) is 0 Å². The van der Waals surface area contributed by atoms with Gasteiger partial charge in [0.2, 0.25) is 0 Å². The average molecular weight is 250 g/mol. The molecule has 2 atom stereocenters. The standard InChI is InChI=1S/C13H22N4O/c1-4-14-12-7-13(16-10(3)15-12)17-6-5-11(18)9(2)8-17/h7,9,11,18H,4-6,8H2,1-3H3,(H,14,15,16). The van der Waals surface area contributed by atoms with E-state index in [1.165, 1.54) is 0 Å². The van der Waals surface area contributed by atoms with E-state index < -0.39 is 0 Å². The van der Waals surface area contributed by atoms with Crippen LogP contribution in [0.3, 0.4) is 0 Å². The van der Waals surface area contributed by atoms with Crippen LogP contribution in [0.1, 0.15) is 26.1 Å². The summed E-state index contributed by atoms with van der Waals surface area (Å²) in [6.07, 6.45) is 0.623. The summed E-state index contributed by atoms with van der Waals surface area (Å²) in [5.41, 5.74) is 0. The lowest BCUT2D eigenvalue weighted by molar-refractivity contribution is 0.0969. The minimum Gasteiger partial charge on any atom is -0.393 e. The molecule has 18 heavy (non-hydrogen) atoms. The molecule has 5 nitrogen and oxygen atoms in total. The Bertz CT molecular complexity index is 410. The van der Waals surface area contributed by atoms with Crippen molar-refractivity contribution in [1.82, 2.24) is 9.97 Å². The number of aliphatic hydroxyl groups excluding tert-OH is 1. The second kappa shape index (κ2) is 5.52. The van der Waals surface area contributed by atoms with Crippen molar-refractivity contribution < 1.29 is 5.11 Å². The molecule has 1 fully saturated rings. The van der Waals surface area contributed by atoms with Crippen LogP contribution in [-0.4, -0.2) is 40.8 Å². The highest BCUT2D eigenvalue weighted by Gasteiger charge is 2.25. The Labute approximate surface area is 108 Å². The molecule has 0 spiro atoms. The molecule has 0 bridgehead atoms. The van der Waals surface area contributed by atoms with E-state index in [9.17, 15) is 5.11 Å². The number of aliphatic hydroxyl groups is 1. The van der Waals surface area contributed by atoms with E-state index in [1.54, 1.807) is 0 Å². The number of aromatic nitrogens is 2. The molecule has 0 aliphatic carbocycles. The fraction of sp³-hybridized carbons (Fsp3) is 0.692. The lowest BCUT2D eigenvalue weighted by Crippen LogP contribution is -2.42. The van der Waals surface area contributed by atoms with Crippen LogP contribution in [0.25, 0.3) is 0 Å². The maximum Gasteiger partial charge on any atom is 0.134 e. The van der Waals surface area contributed by atoms with Gasteiger partial charge in [0, 0.05) is 25.7 Å². The Morgan fingerprint density at radius 2 is 2.28 bits per heavy atom. The molecule has 0 aromatic carbocycles. The van der Waals surface area contributed by atoms with Crippen molar-refractivity contribution in [3.05, 3.63) is 11.9 Å². The molecule has 0 saturated carbocycles.